The number of rotatable bonds is 2. The number of hydrogen-bond donors (Lipinski definition) is 1. The highest BCUT2D eigenvalue weighted by Crippen LogP contribution is 2.31. The number of imidazole rings is 1. The Kier molecular flexibility index (Phi) is 2.77. The van der Waals surface area contributed by atoms with Crippen LogP contribution in [0, 0.1) is 6.92 Å². The van der Waals surface area contributed by atoms with Gasteiger partial charge in [-0.15, -0.1) is 10.2 Å². The molecule has 7 nitrogen and oxygen atoms in total. The van der Waals surface area contributed by atoms with Crippen molar-refractivity contribution in [3.8, 4) is 10.6 Å². The first-order valence-electron chi connectivity index (χ1n) is 7.58. The molecule has 1 atom stereocenters. The van der Waals surface area contributed by atoms with Crippen LogP contribution in [0.1, 0.15) is 30.6 Å². The molecule has 1 aromatic carbocycles. The lowest BCUT2D eigenvalue weighted by molar-refractivity contribution is 0.103. The number of ether oxygens (including phenoxy) is 1. The van der Waals surface area contributed by atoms with E-state index in [-0.39, 0.29) is 6.10 Å². The number of hydrogen-bond acceptors (Lipinski definition) is 6. The first-order chi connectivity index (χ1) is 11.3. The van der Waals surface area contributed by atoms with E-state index in [1.807, 2.05) is 23.6 Å². The predicted octanol–water partition coefficient (Wildman–Crippen LogP) is 2.89. The smallest absolute Gasteiger partial charge is 0.235 e. The molecule has 0 radical (unpaired) electrons. The second-order valence-corrected chi connectivity index (χ2v) is 6.67. The zero-order valence-electron chi connectivity index (χ0n) is 12.5. The van der Waals surface area contributed by atoms with Gasteiger partial charge in [0.15, 0.2) is 5.82 Å². The van der Waals surface area contributed by atoms with Gasteiger partial charge in [-0.05, 0) is 38.0 Å². The molecule has 0 spiro atoms. The molecule has 1 fully saturated rings. The van der Waals surface area contributed by atoms with Crippen molar-refractivity contribution in [1.29, 1.82) is 0 Å². The van der Waals surface area contributed by atoms with Crippen LogP contribution in [-0.2, 0) is 4.74 Å². The Labute approximate surface area is 135 Å². The van der Waals surface area contributed by atoms with Gasteiger partial charge in [0.2, 0.25) is 4.96 Å². The largest absolute Gasteiger partial charge is 0.370 e. The molecule has 1 N–H and O–H groups in total. The predicted molar refractivity (Wildman–Crippen MR) is 86.4 cm³/mol. The zero-order chi connectivity index (χ0) is 15.4. The lowest BCUT2D eigenvalue weighted by atomic mass is 10.2. The fourth-order valence-corrected chi connectivity index (χ4v) is 3.84. The van der Waals surface area contributed by atoms with Crippen molar-refractivity contribution in [2.75, 3.05) is 6.61 Å². The van der Waals surface area contributed by atoms with Gasteiger partial charge in [-0.1, -0.05) is 11.3 Å². The molecule has 0 amide bonds. The van der Waals surface area contributed by atoms with Gasteiger partial charge in [-0.2, -0.15) is 9.61 Å². The summed E-state index contributed by atoms with van der Waals surface area (Å²) in [5.74, 6) is 1.72. The Morgan fingerprint density at radius 1 is 1.35 bits per heavy atom. The minimum absolute atomic E-state index is 0.0117. The summed E-state index contributed by atoms with van der Waals surface area (Å²) in [6, 6.07) is 6.13. The van der Waals surface area contributed by atoms with Gasteiger partial charge in [0.1, 0.15) is 16.9 Å². The molecule has 0 aliphatic carbocycles. The third-order valence-corrected chi connectivity index (χ3v) is 5.03. The molecule has 0 unspecified atom stereocenters. The number of nitrogens with one attached hydrogen (secondary N) is 1. The van der Waals surface area contributed by atoms with E-state index >= 15 is 0 Å². The van der Waals surface area contributed by atoms with Crippen LogP contribution >= 0.6 is 11.3 Å². The summed E-state index contributed by atoms with van der Waals surface area (Å²) in [5.41, 5.74) is 3.04. The fourth-order valence-electron chi connectivity index (χ4n) is 3.00. The number of aryl methyl sites for hydroxylation is 1. The first-order valence-corrected chi connectivity index (χ1v) is 8.40. The average molecular weight is 326 g/mol. The normalized spacial score (nSPS) is 18.4. The topological polar surface area (TPSA) is 81.0 Å². The molecule has 3 aromatic heterocycles. The van der Waals surface area contributed by atoms with Crippen LogP contribution < -0.4 is 0 Å². The third kappa shape index (κ3) is 2.06. The van der Waals surface area contributed by atoms with E-state index in [1.54, 1.807) is 0 Å². The lowest BCUT2D eigenvalue weighted by Gasteiger charge is -2.04. The van der Waals surface area contributed by atoms with Gasteiger partial charge < -0.3 is 9.72 Å². The minimum atomic E-state index is 0.0117. The molecule has 4 aromatic rings. The van der Waals surface area contributed by atoms with E-state index in [2.05, 4.69) is 26.2 Å². The third-order valence-electron chi connectivity index (χ3n) is 4.08. The fraction of sp³-hybridized carbons (Fsp3) is 0.333. The monoisotopic (exact) mass is 326 g/mol. The van der Waals surface area contributed by atoms with Crippen LogP contribution in [-0.4, -0.2) is 36.4 Å². The van der Waals surface area contributed by atoms with E-state index in [0.29, 0.717) is 0 Å². The van der Waals surface area contributed by atoms with Crippen molar-refractivity contribution < 1.29 is 4.74 Å². The Morgan fingerprint density at radius 3 is 3.17 bits per heavy atom. The number of aromatic amines is 1. The molecule has 1 aliphatic rings. The SMILES string of the molecule is Cc1nc2ccc(-c3nn4c([C@@H]5CCCO5)nnc4s3)cc2[nH]1. The van der Waals surface area contributed by atoms with Crippen molar-refractivity contribution in [3.05, 3.63) is 29.8 Å². The van der Waals surface area contributed by atoms with Gasteiger partial charge in [-0.25, -0.2) is 4.98 Å². The van der Waals surface area contributed by atoms with E-state index in [1.165, 1.54) is 11.3 Å². The maximum absolute atomic E-state index is 5.71. The Bertz CT molecular complexity index is 1010. The van der Waals surface area contributed by atoms with Crippen molar-refractivity contribution in [1.82, 2.24) is 29.8 Å². The maximum Gasteiger partial charge on any atom is 0.235 e. The van der Waals surface area contributed by atoms with Crippen LogP contribution in [0.15, 0.2) is 18.2 Å². The number of benzene rings is 1. The summed E-state index contributed by atoms with van der Waals surface area (Å²) >= 11 is 1.53. The van der Waals surface area contributed by atoms with E-state index in [9.17, 15) is 0 Å². The maximum atomic E-state index is 5.71. The summed E-state index contributed by atoms with van der Waals surface area (Å²) < 4.78 is 7.53. The van der Waals surface area contributed by atoms with Gasteiger partial charge in [0, 0.05) is 12.2 Å². The molecule has 0 bridgehead atoms. The number of H-pyrrole nitrogens is 1. The molecule has 4 heterocycles. The molecule has 1 aliphatic heterocycles. The summed E-state index contributed by atoms with van der Waals surface area (Å²) in [4.78, 5) is 8.49. The highest BCUT2D eigenvalue weighted by molar-refractivity contribution is 7.19. The minimum Gasteiger partial charge on any atom is -0.370 e. The van der Waals surface area contributed by atoms with Crippen LogP contribution in [0.4, 0.5) is 0 Å². The molecule has 23 heavy (non-hydrogen) atoms. The van der Waals surface area contributed by atoms with Crippen molar-refractivity contribution >= 4 is 27.3 Å². The summed E-state index contributed by atoms with van der Waals surface area (Å²) in [6.07, 6.45) is 2.05. The van der Waals surface area contributed by atoms with Gasteiger partial charge in [0.05, 0.1) is 11.0 Å². The molecular weight excluding hydrogens is 312 g/mol. The molecule has 0 saturated carbocycles. The highest BCUT2D eigenvalue weighted by atomic mass is 32.1. The van der Waals surface area contributed by atoms with E-state index in [0.717, 1.165) is 57.7 Å². The van der Waals surface area contributed by atoms with Crippen LogP contribution in [0.25, 0.3) is 26.6 Å². The lowest BCUT2D eigenvalue weighted by Crippen LogP contribution is -2.03. The van der Waals surface area contributed by atoms with Gasteiger partial charge in [-0.3, -0.25) is 0 Å². The van der Waals surface area contributed by atoms with Crippen molar-refractivity contribution in [2.45, 2.75) is 25.9 Å². The van der Waals surface area contributed by atoms with Crippen molar-refractivity contribution in [3.63, 3.8) is 0 Å². The van der Waals surface area contributed by atoms with Crippen molar-refractivity contribution in [2.24, 2.45) is 0 Å². The van der Waals surface area contributed by atoms with E-state index in [4.69, 9.17) is 9.84 Å². The Hall–Kier alpha value is -2.32. The van der Waals surface area contributed by atoms with Gasteiger partial charge in [0.25, 0.3) is 0 Å². The molecule has 8 heteroatoms. The molecular formula is C15H14N6OS. The van der Waals surface area contributed by atoms with E-state index < -0.39 is 0 Å². The van der Waals surface area contributed by atoms with Crippen LogP contribution in [0.3, 0.4) is 0 Å². The Balaban J connectivity index is 1.61. The Morgan fingerprint density at radius 2 is 2.30 bits per heavy atom. The zero-order valence-corrected chi connectivity index (χ0v) is 13.3. The number of fused-ring (bicyclic) bond motifs is 2. The summed E-state index contributed by atoms with van der Waals surface area (Å²) in [6.45, 7) is 2.74. The molecule has 116 valence electrons. The first kappa shape index (κ1) is 13.1. The second kappa shape index (κ2) is 4.84. The molecule has 1 saturated heterocycles. The van der Waals surface area contributed by atoms with Crippen LogP contribution in [0.5, 0.6) is 0 Å². The number of aromatic nitrogens is 6. The highest BCUT2D eigenvalue weighted by Gasteiger charge is 2.25. The average Bonchev–Trinajstić information content (AvgIpc) is 3.28. The summed E-state index contributed by atoms with van der Waals surface area (Å²) in [5, 5.41) is 14.1. The quantitative estimate of drug-likeness (QED) is 0.612. The van der Waals surface area contributed by atoms with Crippen LogP contribution in [0.2, 0.25) is 0 Å². The molecule has 5 rings (SSSR count). The number of nitrogens with zero attached hydrogens (tertiary/aromatic N) is 5. The van der Waals surface area contributed by atoms with Gasteiger partial charge >= 0.3 is 0 Å². The second-order valence-electron chi connectivity index (χ2n) is 5.72. The standard InChI is InChI=1S/C15H14N6OS/c1-8-16-10-5-4-9(7-11(10)17-8)14-20-21-13(12-3-2-6-22-12)18-19-15(21)23-14/h4-5,7,12H,2-3,6H2,1H3,(H,16,17)/t12-/m0/s1. The summed E-state index contributed by atoms with van der Waals surface area (Å²) in [7, 11) is 0.